The van der Waals surface area contributed by atoms with Crippen LogP contribution in [-0.4, -0.2) is 27.1 Å². The maximum atomic E-state index is 5.11. The van der Waals surface area contributed by atoms with Crippen molar-refractivity contribution >= 4 is 0 Å². The molecule has 0 fully saturated rings. The van der Waals surface area contributed by atoms with Crippen LogP contribution < -0.4 is 5.32 Å². The lowest BCUT2D eigenvalue weighted by atomic mass is 10.1. The standard InChI is InChI=1S/C13H21NO2/c1-4-11-7-5-6-8-12(11)9-14-10-13(15-2)16-3/h5-8,13-14H,4,9-10H2,1-3H3. The van der Waals surface area contributed by atoms with Gasteiger partial charge in [0, 0.05) is 27.3 Å². The molecule has 1 aromatic rings. The molecule has 90 valence electrons. The molecule has 0 spiro atoms. The molecule has 0 aliphatic carbocycles. The van der Waals surface area contributed by atoms with E-state index in [0.29, 0.717) is 6.54 Å². The van der Waals surface area contributed by atoms with Crippen LogP contribution in [0.3, 0.4) is 0 Å². The van der Waals surface area contributed by atoms with E-state index in [0.717, 1.165) is 13.0 Å². The minimum Gasteiger partial charge on any atom is -0.355 e. The molecule has 0 bridgehead atoms. The van der Waals surface area contributed by atoms with Gasteiger partial charge in [-0.1, -0.05) is 31.2 Å². The Kier molecular flexibility index (Phi) is 6.08. The van der Waals surface area contributed by atoms with E-state index in [-0.39, 0.29) is 6.29 Å². The second-order valence-corrected chi connectivity index (χ2v) is 3.65. The van der Waals surface area contributed by atoms with Gasteiger partial charge >= 0.3 is 0 Å². The molecule has 3 nitrogen and oxygen atoms in total. The number of aryl methyl sites for hydroxylation is 1. The lowest BCUT2D eigenvalue weighted by molar-refractivity contribution is -0.0989. The summed E-state index contributed by atoms with van der Waals surface area (Å²) in [5, 5.41) is 3.33. The van der Waals surface area contributed by atoms with Crippen molar-refractivity contribution in [2.75, 3.05) is 20.8 Å². The van der Waals surface area contributed by atoms with Gasteiger partial charge in [0.25, 0.3) is 0 Å². The number of hydrogen-bond acceptors (Lipinski definition) is 3. The zero-order chi connectivity index (χ0) is 11.8. The van der Waals surface area contributed by atoms with Crippen LogP contribution in [0.4, 0.5) is 0 Å². The molecular formula is C13H21NO2. The number of ether oxygens (including phenoxy) is 2. The van der Waals surface area contributed by atoms with Gasteiger partial charge in [-0.2, -0.15) is 0 Å². The molecular weight excluding hydrogens is 202 g/mol. The molecule has 1 rings (SSSR count). The highest BCUT2D eigenvalue weighted by atomic mass is 16.7. The normalized spacial score (nSPS) is 11.0. The van der Waals surface area contributed by atoms with Gasteiger partial charge in [0.05, 0.1) is 0 Å². The van der Waals surface area contributed by atoms with Crippen LogP contribution in [0.5, 0.6) is 0 Å². The molecule has 0 heterocycles. The summed E-state index contributed by atoms with van der Waals surface area (Å²) in [7, 11) is 3.30. The number of hydrogen-bond donors (Lipinski definition) is 1. The Labute approximate surface area is 97.8 Å². The zero-order valence-electron chi connectivity index (χ0n) is 10.3. The van der Waals surface area contributed by atoms with Gasteiger partial charge in [-0.25, -0.2) is 0 Å². The summed E-state index contributed by atoms with van der Waals surface area (Å²) in [6.45, 7) is 3.73. The highest BCUT2D eigenvalue weighted by molar-refractivity contribution is 5.26. The minimum absolute atomic E-state index is 0.172. The van der Waals surface area contributed by atoms with Crippen LogP contribution in [-0.2, 0) is 22.4 Å². The van der Waals surface area contributed by atoms with E-state index in [9.17, 15) is 0 Å². The van der Waals surface area contributed by atoms with Crippen LogP contribution in [0, 0.1) is 0 Å². The Morgan fingerprint density at radius 3 is 2.31 bits per heavy atom. The maximum Gasteiger partial charge on any atom is 0.169 e. The van der Waals surface area contributed by atoms with Gasteiger partial charge in [-0.3, -0.25) is 0 Å². The summed E-state index contributed by atoms with van der Waals surface area (Å²) in [5.41, 5.74) is 2.73. The average Bonchev–Trinajstić information content (AvgIpc) is 2.35. The SMILES string of the molecule is CCc1ccccc1CNCC(OC)OC. The molecule has 3 heteroatoms. The number of rotatable bonds is 7. The first-order valence-electron chi connectivity index (χ1n) is 5.64. The molecule has 0 atom stereocenters. The Bertz CT molecular complexity index is 298. The fraction of sp³-hybridized carbons (Fsp3) is 0.538. The molecule has 1 aromatic carbocycles. The summed E-state index contributed by atoms with van der Waals surface area (Å²) >= 11 is 0. The van der Waals surface area contributed by atoms with E-state index >= 15 is 0 Å². The first-order chi connectivity index (χ1) is 7.81. The third kappa shape index (κ3) is 3.93. The van der Waals surface area contributed by atoms with Crippen molar-refractivity contribution in [3.8, 4) is 0 Å². The zero-order valence-corrected chi connectivity index (χ0v) is 10.3. The van der Waals surface area contributed by atoms with E-state index in [1.165, 1.54) is 11.1 Å². The molecule has 0 saturated carbocycles. The predicted octanol–water partition coefficient (Wildman–Crippen LogP) is 1.96. The van der Waals surface area contributed by atoms with E-state index in [1.807, 2.05) is 0 Å². The summed E-state index contributed by atoms with van der Waals surface area (Å²) in [6, 6.07) is 8.47. The van der Waals surface area contributed by atoms with Gasteiger partial charge in [0.2, 0.25) is 0 Å². The average molecular weight is 223 g/mol. The fourth-order valence-corrected chi connectivity index (χ4v) is 1.66. The topological polar surface area (TPSA) is 30.5 Å². The summed E-state index contributed by atoms with van der Waals surface area (Å²) in [4.78, 5) is 0. The predicted molar refractivity (Wildman–Crippen MR) is 65.3 cm³/mol. The molecule has 0 saturated heterocycles. The molecule has 0 radical (unpaired) electrons. The summed E-state index contributed by atoms with van der Waals surface area (Å²) < 4.78 is 10.2. The van der Waals surface area contributed by atoms with Crippen molar-refractivity contribution in [3.63, 3.8) is 0 Å². The number of methoxy groups -OCH3 is 2. The first-order valence-corrected chi connectivity index (χ1v) is 5.64. The molecule has 0 aromatic heterocycles. The quantitative estimate of drug-likeness (QED) is 0.717. The van der Waals surface area contributed by atoms with E-state index in [2.05, 4.69) is 36.5 Å². The first kappa shape index (κ1) is 13.2. The van der Waals surface area contributed by atoms with Crippen LogP contribution in [0.2, 0.25) is 0 Å². The minimum atomic E-state index is -0.172. The van der Waals surface area contributed by atoms with E-state index < -0.39 is 0 Å². The largest absolute Gasteiger partial charge is 0.355 e. The van der Waals surface area contributed by atoms with Crippen LogP contribution in [0.15, 0.2) is 24.3 Å². The molecule has 0 aliphatic rings. The van der Waals surface area contributed by atoms with Gasteiger partial charge in [0.15, 0.2) is 6.29 Å². The number of nitrogens with one attached hydrogen (secondary N) is 1. The van der Waals surface area contributed by atoms with Crippen molar-refractivity contribution in [1.82, 2.24) is 5.32 Å². The van der Waals surface area contributed by atoms with Crippen molar-refractivity contribution < 1.29 is 9.47 Å². The molecule has 0 aliphatic heterocycles. The number of benzene rings is 1. The van der Waals surface area contributed by atoms with Crippen molar-refractivity contribution in [3.05, 3.63) is 35.4 Å². The summed E-state index contributed by atoms with van der Waals surface area (Å²) in [6.07, 6.45) is 0.893. The van der Waals surface area contributed by atoms with Gasteiger partial charge in [-0.15, -0.1) is 0 Å². The van der Waals surface area contributed by atoms with Gasteiger partial charge < -0.3 is 14.8 Å². The Hall–Kier alpha value is -0.900. The van der Waals surface area contributed by atoms with E-state index in [1.54, 1.807) is 14.2 Å². The Morgan fingerprint density at radius 1 is 1.12 bits per heavy atom. The molecule has 0 unspecified atom stereocenters. The summed E-state index contributed by atoms with van der Waals surface area (Å²) in [5.74, 6) is 0. The van der Waals surface area contributed by atoms with Crippen LogP contribution in [0.25, 0.3) is 0 Å². The van der Waals surface area contributed by atoms with Crippen LogP contribution in [0.1, 0.15) is 18.1 Å². The molecule has 1 N–H and O–H groups in total. The second kappa shape index (κ2) is 7.39. The lowest BCUT2D eigenvalue weighted by Crippen LogP contribution is -2.29. The smallest absolute Gasteiger partial charge is 0.169 e. The highest BCUT2D eigenvalue weighted by Crippen LogP contribution is 2.08. The lowest BCUT2D eigenvalue weighted by Gasteiger charge is -2.15. The monoisotopic (exact) mass is 223 g/mol. The second-order valence-electron chi connectivity index (χ2n) is 3.65. The third-order valence-corrected chi connectivity index (χ3v) is 2.65. The third-order valence-electron chi connectivity index (χ3n) is 2.65. The van der Waals surface area contributed by atoms with Crippen molar-refractivity contribution in [2.45, 2.75) is 26.2 Å². The van der Waals surface area contributed by atoms with Gasteiger partial charge in [-0.05, 0) is 17.5 Å². The van der Waals surface area contributed by atoms with Crippen molar-refractivity contribution in [1.29, 1.82) is 0 Å². The highest BCUT2D eigenvalue weighted by Gasteiger charge is 2.04. The fourth-order valence-electron chi connectivity index (χ4n) is 1.66. The van der Waals surface area contributed by atoms with Crippen molar-refractivity contribution in [2.24, 2.45) is 0 Å². The maximum absolute atomic E-state index is 5.11. The Balaban J connectivity index is 2.42. The van der Waals surface area contributed by atoms with E-state index in [4.69, 9.17) is 9.47 Å². The Morgan fingerprint density at radius 2 is 1.75 bits per heavy atom. The van der Waals surface area contributed by atoms with Gasteiger partial charge in [0.1, 0.15) is 0 Å². The molecule has 0 amide bonds. The van der Waals surface area contributed by atoms with Crippen LogP contribution >= 0.6 is 0 Å². The molecule has 16 heavy (non-hydrogen) atoms.